The molecule has 1 rings (SSSR count). The van der Waals surface area contributed by atoms with Gasteiger partial charge >= 0.3 is 0 Å². The van der Waals surface area contributed by atoms with Crippen LogP contribution in [0.15, 0.2) is 18.2 Å². The van der Waals surface area contributed by atoms with Gasteiger partial charge in [0.25, 0.3) is 0 Å². The van der Waals surface area contributed by atoms with Gasteiger partial charge in [0.05, 0.1) is 3.92 Å². The van der Waals surface area contributed by atoms with Crippen molar-refractivity contribution in [1.82, 2.24) is 0 Å². The largest absolute Gasteiger partial charge is 0.398 e. The lowest BCUT2D eigenvalue weighted by Crippen LogP contribution is -2.12. The molecular weight excluding hydrogens is 300 g/mol. The summed E-state index contributed by atoms with van der Waals surface area (Å²) in [5.41, 5.74) is 6.64. The zero-order chi connectivity index (χ0) is 10.0. The van der Waals surface area contributed by atoms with Gasteiger partial charge in [-0.15, -0.1) is 0 Å². The fourth-order valence-corrected chi connectivity index (χ4v) is 1.46. The number of anilines is 1. The summed E-state index contributed by atoms with van der Waals surface area (Å²) in [7, 11) is 0. The molecule has 13 heavy (non-hydrogen) atoms. The van der Waals surface area contributed by atoms with Crippen molar-refractivity contribution < 1.29 is 4.79 Å². The normalized spacial score (nSPS) is 12.5. The standard InChI is InChI=1S/C9H9ClINO/c1-5(11)9(13)7-4-6(10)2-3-8(7)12/h2-5H,12H2,1H3. The molecule has 2 N–H and O–H groups in total. The molecule has 0 aromatic heterocycles. The van der Waals surface area contributed by atoms with Crippen LogP contribution in [0.2, 0.25) is 5.02 Å². The lowest BCUT2D eigenvalue weighted by Gasteiger charge is -2.06. The highest BCUT2D eigenvalue weighted by Gasteiger charge is 2.14. The molecule has 0 radical (unpaired) electrons. The zero-order valence-electron chi connectivity index (χ0n) is 7.05. The summed E-state index contributed by atoms with van der Waals surface area (Å²) in [6, 6.07) is 4.93. The van der Waals surface area contributed by atoms with E-state index < -0.39 is 0 Å². The molecule has 2 nitrogen and oxygen atoms in total. The minimum Gasteiger partial charge on any atom is -0.398 e. The first-order valence-electron chi connectivity index (χ1n) is 3.75. The molecule has 0 bridgehead atoms. The second-order valence-electron chi connectivity index (χ2n) is 2.71. The molecule has 70 valence electrons. The van der Waals surface area contributed by atoms with Crippen LogP contribution in [0.1, 0.15) is 17.3 Å². The molecule has 0 fully saturated rings. The predicted octanol–water partition coefficient (Wildman–Crippen LogP) is 2.93. The van der Waals surface area contributed by atoms with E-state index in [-0.39, 0.29) is 9.71 Å². The summed E-state index contributed by atoms with van der Waals surface area (Å²) in [5, 5.41) is 0.537. The predicted molar refractivity (Wildman–Crippen MR) is 63.7 cm³/mol. The fraction of sp³-hybridized carbons (Fsp3) is 0.222. The third-order valence-corrected chi connectivity index (χ3v) is 2.44. The molecule has 0 amide bonds. The molecule has 0 aliphatic rings. The molecule has 4 heteroatoms. The van der Waals surface area contributed by atoms with Crippen molar-refractivity contribution in [2.24, 2.45) is 0 Å². The maximum Gasteiger partial charge on any atom is 0.177 e. The number of carbonyl (C=O) groups excluding carboxylic acids is 1. The van der Waals surface area contributed by atoms with Gasteiger partial charge in [0.1, 0.15) is 0 Å². The Morgan fingerprint density at radius 2 is 2.23 bits per heavy atom. The van der Waals surface area contributed by atoms with E-state index >= 15 is 0 Å². The molecule has 1 aromatic carbocycles. The summed E-state index contributed by atoms with van der Waals surface area (Å²) < 4.78 is -0.0848. The number of nitrogen functional groups attached to an aromatic ring is 1. The third kappa shape index (κ3) is 2.57. The first-order valence-corrected chi connectivity index (χ1v) is 5.38. The van der Waals surface area contributed by atoms with Crippen LogP contribution in [0, 0.1) is 0 Å². The van der Waals surface area contributed by atoms with E-state index in [1.807, 2.05) is 6.92 Å². The van der Waals surface area contributed by atoms with Crippen LogP contribution in [0.5, 0.6) is 0 Å². The number of hydrogen-bond donors (Lipinski definition) is 1. The van der Waals surface area contributed by atoms with Crippen LogP contribution < -0.4 is 5.73 Å². The van der Waals surface area contributed by atoms with Crippen molar-refractivity contribution in [3.63, 3.8) is 0 Å². The summed E-state index contributed by atoms with van der Waals surface area (Å²) in [6.07, 6.45) is 0. The minimum absolute atomic E-state index is 0.0144. The lowest BCUT2D eigenvalue weighted by molar-refractivity contribution is 0.0999. The monoisotopic (exact) mass is 309 g/mol. The Labute approximate surface area is 95.6 Å². The van der Waals surface area contributed by atoms with Gasteiger partial charge < -0.3 is 5.73 Å². The van der Waals surface area contributed by atoms with Crippen LogP contribution >= 0.6 is 34.2 Å². The van der Waals surface area contributed by atoms with Gasteiger partial charge in [0, 0.05) is 16.3 Å². The SMILES string of the molecule is CC(I)C(=O)c1cc(Cl)ccc1N. The Kier molecular flexibility index (Phi) is 3.55. The van der Waals surface area contributed by atoms with E-state index in [0.29, 0.717) is 16.3 Å². The zero-order valence-corrected chi connectivity index (χ0v) is 9.96. The van der Waals surface area contributed by atoms with E-state index in [9.17, 15) is 4.79 Å². The molecule has 0 saturated carbocycles. The smallest absolute Gasteiger partial charge is 0.177 e. The molecule has 0 heterocycles. The number of hydrogen-bond acceptors (Lipinski definition) is 2. The number of carbonyl (C=O) groups is 1. The Balaban J connectivity index is 3.13. The Morgan fingerprint density at radius 3 is 2.77 bits per heavy atom. The summed E-state index contributed by atoms with van der Waals surface area (Å²) in [6.45, 7) is 1.82. The maximum absolute atomic E-state index is 11.6. The summed E-state index contributed by atoms with van der Waals surface area (Å²) in [4.78, 5) is 11.6. The van der Waals surface area contributed by atoms with E-state index in [1.165, 1.54) is 0 Å². The number of halogens is 2. The Morgan fingerprint density at radius 1 is 1.62 bits per heavy atom. The van der Waals surface area contributed by atoms with Crippen molar-refractivity contribution in [2.45, 2.75) is 10.8 Å². The fourth-order valence-electron chi connectivity index (χ4n) is 0.956. The van der Waals surface area contributed by atoms with Crippen molar-refractivity contribution in [3.05, 3.63) is 28.8 Å². The summed E-state index contributed by atoms with van der Waals surface area (Å²) >= 11 is 7.81. The molecule has 0 saturated heterocycles. The molecule has 0 spiro atoms. The number of benzene rings is 1. The van der Waals surface area contributed by atoms with E-state index in [2.05, 4.69) is 22.6 Å². The highest BCUT2D eigenvalue weighted by atomic mass is 127. The van der Waals surface area contributed by atoms with Crippen molar-refractivity contribution in [3.8, 4) is 0 Å². The molecule has 0 aliphatic carbocycles. The van der Waals surface area contributed by atoms with Gasteiger partial charge in [0.2, 0.25) is 0 Å². The number of ketones is 1. The quantitative estimate of drug-likeness (QED) is 0.395. The van der Waals surface area contributed by atoms with Crippen LogP contribution in [-0.4, -0.2) is 9.71 Å². The van der Waals surface area contributed by atoms with Crippen LogP contribution in [0.25, 0.3) is 0 Å². The second-order valence-corrected chi connectivity index (χ2v) is 5.02. The maximum atomic E-state index is 11.6. The number of rotatable bonds is 2. The molecule has 0 aliphatic heterocycles. The minimum atomic E-state index is -0.0848. The number of Topliss-reactive ketones (excluding diaryl/α,β-unsaturated/α-hetero) is 1. The average Bonchev–Trinajstić information content (AvgIpc) is 2.08. The number of nitrogens with two attached hydrogens (primary N) is 1. The average molecular weight is 310 g/mol. The second kappa shape index (κ2) is 4.28. The highest BCUT2D eigenvalue weighted by molar-refractivity contribution is 14.1. The van der Waals surface area contributed by atoms with E-state index in [1.54, 1.807) is 18.2 Å². The first-order chi connectivity index (χ1) is 6.02. The van der Waals surface area contributed by atoms with Gasteiger partial charge in [-0.3, -0.25) is 4.79 Å². The van der Waals surface area contributed by atoms with Crippen LogP contribution in [0.3, 0.4) is 0 Å². The summed E-state index contributed by atoms with van der Waals surface area (Å²) in [5.74, 6) is 0.0144. The van der Waals surface area contributed by atoms with E-state index in [0.717, 1.165) is 0 Å². The Bertz CT molecular complexity index is 338. The van der Waals surface area contributed by atoms with Gasteiger partial charge in [-0.2, -0.15) is 0 Å². The molecule has 1 atom stereocenters. The molecule has 1 aromatic rings. The Hall–Kier alpha value is -0.290. The van der Waals surface area contributed by atoms with E-state index in [4.69, 9.17) is 17.3 Å². The highest BCUT2D eigenvalue weighted by Crippen LogP contribution is 2.21. The number of alkyl halides is 1. The molecular formula is C9H9ClINO. The van der Waals surface area contributed by atoms with Gasteiger partial charge in [-0.25, -0.2) is 0 Å². The van der Waals surface area contributed by atoms with Crippen molar-refractivity contribution >= 4 is 45.7 Å². The van der Waals surface area contributed by atoms with Crippen molar-refractivity contribution in [2.75, 3.05) is 5.73 Å². The third-order valence-electron chi connectivity index (χ3n) is 1.64. The first kappa shape index (κ1) is 10.8. The lowest BCUT2D eigenvalue weighted by atomic mass is 10.1. The van der Waals surface area contributed by atoms with Gasteiger partial charge in [-0.1, -0.05) is 34.2 Å². The van der Waals surface area contributed by atoms with Crippen molar-refractivity contribution in [1.29, 1.82) is 0 Å². The van der Waals surface area contributed by atoms with Gasteiger partial charge in [0.15, 0.2) is 5.78 Å². The van der Waals surface area contributed by atoms with Crippen LogP contribution in [-0.2, 0) is 0 Å². The van der Waals surface area contributed by atoms with Gasteiger partial charge in [-0.05, 0) is 25.1 Å². The molecule has 1 unspecified atom stereocenters. The van der Waals surface area contributed by atoms with Crippen LogP contribution in [0.4, 0.5) is 5.69 Å². The topological polar surface area (TPSA) is 43.1 Å².